The van der Waals surface area contributed by atoms with E-state index in [1.54, 1.807) is 0 Å². The van der Waals surface area contributed by atoms with Gasteiger partial charge >= 0.3 is 0 Å². The van der Waals surface area contributed by atoms with Crippen LogP contribution < -0.4 is 0 Å². The maximum absolute atomic E-state index is 6.14. The summed E-state index contributed by atoms with van der Waals surface area (Å²) in [6, 6.07) is 31.9. The maximum atomic E-state index is 6.14. The third kappa shape index (κ3) is 2.33. The third-order valence-electron chi connectivity index (χ3n) is 5.02. The van der Waals surface area contributed by atoms with Gasteiger partial charge in [0.1, 0.15) is 11.2 Å². The zero-order chi connectivity index (χ0) is 17.5. The maximum Gasteiger partial charge on any atom is 0.138 e. The highest BCUT2D eigenvalue weighted by Gasteiger charge is 2.13. The minimum atomic E-state index is 0.943. The lowest BCUT2D eigenvalue weighted by Gasteiger charge is -2.06. The molecule has 1 heteroatoms. The number of aryl methyl sites for hydroxylation is 1. The van der Waals surface area contributed by atoms with Gasteiger partial charge in [0.05, 0.1) is 0 Å². The Bertz CT molecular complexity index is 1210. The summed E-state index contributed by atoms with van der Waals surface area (Å²) in [6.07, 6.45) is 0. The van der Waals surface area contributed by atoms with E-state index in [0.29, 0.717) is 0 Å². The van der Waals surface area contributed by atoms with E-state index in [9.17, 15) is 0 Å². The summed E-state index contributed by atoms with van der Waals surface area (Å²) in [5.74, 6) is 0. The van der Waals surface area contributed by atoms with E-state index in [4.69, 9.17) is 4.42 Å². The molecule has 5 aromatic rings. The molecule has 0 bridgehead atoms. The predicted octanol–water partition coefficient (Wildman–Crippen LogP) is 7.23. The first-order valence-corrected chi connectivity index (χ1v) is 8.88. The monoisotopic (exact) mass is 334 g/mol. The van der Waals surface area contributed by atoms with Crippen molar-refractivity contribution in [3.05, 3.63) is 96.6 Å². The average Bonchev–Trinajstić information content (AvgIpc) is 3.09. The van der Waals surface area contributed by atoms with Gasteiger partial charge in [-0.05, 0) is 40.8 Å². The lowest BCUT2D eigenvalue weighted by atomic mass is 9.96. The Morgan fingerprint density at radius 2 is 1.27 bits per heavy atom. The summed E-state index contributed by atoms with van der Waals surface area (Å²) in [5.41, 5.74) is 7.99. The molecule has 1 heterocycles. The highest BCUT2D eigenvalue weighted by atomic mass is 16.3. The molecular weight excluding hydrogens is 316 g/mol. The molecule has 0 radical (unpaired) electrons. The highest BCUT2D eigenvalue weighted by Crippen LogP contribution is 2.38. The van der Waals surface area contributed by atoms with Crippen molar-refractivity contribution in [2.45, 2.75) is 6.92 Å². The standard InChI is InChI=1S/C25H18O/c1-17-7-5-11-22-24-21(10-6-12-23(24)26-25(17)22)20-15-13-19(14-16-20)18-8-3-2-4-9-18/h2-16H,1H3. The number of furan rings is 1. The smallest absolute Gasteiger partial charge is 0.138 e. The van der Waals surface area contributed by atoms with E-state index < -0.39 is 0 Å². The van der Waals surface area contributed by atoms with Gasteiger partial charge in [-0.2, -0.15) is 0 Å². The summed E-state index contributed by atoms with van der Waals surface area (Å²) in [4.78, 5) is 0. The molecule has 0 fully saturated rings. The fourth-order valence-corrected chi connectivity index (χ4v) is 3.70. The topological polar surface area (TPSA) is 13.1 Å². The lowest BCUT2D eigenvalue weighted by molar-refractivity contribution is 0.666. The molecule has 26 heavy (non-hydrogen) atoms. The SMILES string of the molecule is Cc1cccc2c1oc1cccc(-c3ccc(-c4ccccc4)cc3)c12. The van der Waals surface area contributed by atoms with E-state index in [-0.39, 0.29) is 0 Å². The number of para-hydroxylation sites is 1. The van der Waals surface area contributed by atoms with Gasteiger partial charge in [-0.3, -0.25) is 0 Å². The molecule has 0 aliphatic rings. The molecule has 0 atom stereocenters. The molecule has 124 valence electrons. The predicted molar refractivity (Wildman–Crippen MR) is 109 cm³/mol. The van der Waals surface area contributed by atoms with E-state index in [0.717, 1.165) is 11.2 Å². The highest BCUT2D eigenvalue weighted by molar-refractivity contribution is 6.13. The molecular formula is C25H18O. The fourth-order valence-electron chi connectivity index (χ4n) is 3.70. The van der Waals surface area contributed by atoms with Gasteiger partial charge < -0.3 is 4.42 Å². The molecule has 0 spiro atoms. The van der Waals surface area contributed by atoms with Crippen LogP contribution in [0.3, 0.4) is 0 Å². The quantitative estimate of drug-likeness (QED) is 0.332. The van der Waals surface area contributed by atoms with Crippen molar-refractivity contribution >= 4 is 21.9 Å². The average molecular weight is 334 g/mol. The second-order valence-electron chi connectivity index (χ2n) is 6.68. The van der Waals surface area contributed by atoms with Crippen molar-refractivity contribution in [2.75, 3.05) is 0 Å². The number of hydrogen-bond donors (Lipinski definition) is 0. The Morgan fingerprint density at radius 1 is 0.577 bits per heavy atom. The molecule has 0 aliphatic heterocycles. The van der Waals surface area contributed by atoms with Crippen molar-refractivity contribution in [3.8, 4) is 22.3 Å². The Balaban J connectivity index is 1.70. The molecule has 0 unspecified atom stereocenters. The van der Waals surface area contributed by atoms with Crippen molar-refractivity contribution in [1.82, 2.24) is 0 Å². The van der Waals surface area contributed by atoms with Gasteiger partial charge in [0, 0.05) is 10.8 Å². The first-order valence-electron chi connectivity index (χ1n) is 8.88. The number of rotatable bonds is 2. The van der Waals surface area contributed by atoms with Crippen molar-refractivity contribution < 1.29 is 4.42 Å². The summed E-state index contributed by atoms with van der Waals surface area (Å²) < 4.78 is 6.14. The Labute approximate surface area is 152 Å². The van der Waals surface area contributed by atoms with Crippen LogP contribution in [0.1, 0.15) is 5.56 Å². The first-order chi connectivity index (χ1) is 12.8. The van der Waals surface area contributed by atoms with Crippen molar-refractivity contribution in [3.63, 3.8) is 0 Å². The summed E-state index contributed by atoms with van der Waals surface area (Å²) in [5, 5.41) is 2.38. The van der Waals surface area contributed by atoms with Crippen LogP contribution in [-0.2, 0) is 0 Å². The van der Waals surface area contributed by atoms with E-state index in [1.807, 2.05) is 6.07 Å². The van der Waals surface area contributed by atoms with Crippen LogP contribution >= 0.6 is 0 Å². The summed E-state index contributed by atoms with van der Waals surface area (Å²) >= 11 is 0. The molecule has 5 rings (SSSR count). The number of fused-ring (bicyclic) bond motifs is 3. The fraction of sp³-hybridized carbons (Fsp3) is 0.0400. The Morgan fingerprint density at radius 3 is 2.08 bits per heavy atom. The molecule has 0 N–H and O–H groups in total. The first kappa shape index (κ1) is 15.0. The van der Waals surface area contributed by atoms with E-state index >= 15 is 0 Å². The van der Waals surface area contributed by atoms with E-state index in [2.05, 4.69) is 91.9 Å². The van der Waals surface area contributed by atoms with Crippen LogP contribution in [0.25, 0.3) is 44.2 Å². The van der Waals surface area contributed by atoms with Gasteiger partial charge in [-0.25, -0.2) is 0 Å². The molecule has 1 nitrogen and oxygen atoms in total. The van der Waals surface area contributed by atoms with Crippen LogP contribution in [0.5, 0.6) is 0 Å². The Kier molecular flexibility index (Phi) is 3.39. The van der Waals surface area contributed by atoms with Gasteiger partial charge in [-0.1, -0.05) is 84.9 Å². The van der Waals surface area contributed by atoms with Crippen LogP contribution in [0, 0.1) is 6.92 Å². The molecule has 0 amide bonds. The minimum absolute atomic E-state index is 0.943. The Hall–Kier alpha value is -3.32. The minimum Gasteiger partial charge on any atom is -0.456 e. The largest absolute Gasteiger partial charge is 0.456 e. The van der Waals surface area contributed by atoms with E-state index in [1.165, 1.54) is 38.6 Å². The number of benzene rings is 4. The molecule has 4 aromatic carbocycles. The van der Waals surface area contributed by atoms with Crippen molar-refractivity contribution in [2.24, 2.45) is 0 Å². The molecule has 0 saturated heterocycles. The van der Waals surface area contributed by atoms with Gasteiger partial charge in [-0.15, -0.1) is 0 Å². The van der Waals surface area contributed by atoms with Gasteiger partial charge in [0.2, 0.25) is 0 Å². The summed E-state index contributed by atoms with van der Waals surface area (Å²) in [6.45, 7) is 2.10. The van der Waals surface area contributed by atoms with Gasteiger partial charge in [0.25, 0.3) is 0 Å². The summed E-state index contributed by atoms with van der Waals surface area (Å²) in [7, 11) is 0. The molecule has 0 aliphatic carbocycles. The third-order valence-corrected chi connectivity index (χ3v) is 5.02. The molecule has 1 aromatic heterocycles. The molecule has 0 saturated carbocycles. The zero-order valence-corrected chi connectivity index (χ0v) is 14.6. The van der Waals surface area contributed by atoms with Crippen LogP contribution in [0.4, 0.5) is 0 Å². The van der Waals surface area contributed by atoms with Gasteiger partial charge in [0.15, 0.2) is 0 Å². The second kappa shape index (κ2) is 5.89. The van der Waals surface area contributed by atoms with Crippen molar-refractivity contribution in [1.29, 1.82) is 0 Å². The normalized spacial score (nSPS) is 11.3. The lowest BCUT2D eigenvalue weighted by Crippen LogP contribution is -1.81. The zero-order valence-electron chi connectivity index (χ0n) is 14.6. The van der Waals surface area contributed by atoms with Crippen LogP contribution in [-0.4, -0.2) is 0 Å². The second-order valence-corrected chi connectivity index (χ2v) is 6.68. The number of hydrogen-bond acceptors (Lipinski definition) is 1. The van der Waals surface area contributed by atoms with Crippen LogP contribution in [0.15, 0.2) is 95.4 Å². The van der Waals surface area contributed by atoms with Crippen LogP contribution in [0.2, 0.25) is 0 Å².